The Morgan fingerprint density at radius 3 is 3.00 bits per heavy atom. The van der Waals surface area contributed by atoms with Crippen molar-refractivity contribution >= 4 is 28.7 Å². The highest BCUT2D eigenvalue weighted by Gasteiger charge is 2.28. The molecular formula is C15H16N6OS. The van der Waals surface area contributed by atoms with Crippen molar-refractivity contribution in [3.8, 4) is 0 Å². The van der Waals surface area contributed by atoms with E-state index in [0.717, 1.165) is 34.3 Å². The van der Waals surface area contributed by atoms with Crippen molar-refractivity contribution < 1.29 is 4.79 Å². The molecule has 1 saturated heterocycles. The molecule has 4 rings (SSSR count). The average Bonchev–Trinajstić information content (AvgIpc) is 3.13. The van der Waals surface area contributed by atoms with Crippen molar-refractivity contribution in [2.75, 3.05) is 24.5 Å². The molecule has 1 aliphatic heterocycles. The molecule has 1 amide bonds. The second-order valence-electron chi connectivity index (χ2n) is 5.72. The van der Waals surface area contributed by atoms with Gasteiger partial charge >= 0.3 is 0 Å². The monoisotopic (exact) mass is 328 g/mol. The summed E-state index contributed by atoms with van der Waals surface area (Å²) in [6.45, 7) is 4.49. The molecule has 0 unspecified atom stereocenters. The summed E-state index contributed by atoms with van der Waals surface area (Å²) >= 11 is 1.53. The van der Waals surface area contributed by atoms with E-state index in [1.807, 2.05) is 31.2 Å². The topological polar surface area (TPSA) is 75.4 Å². The van der Waals surface area contributed by atoms with E-state index < -0.39 is 0 Å². The molecule has 4 heterocycles. The van der Waals surface area contributed by atoms with E-state index in [0.29, 0.717) is 12.5 Å². The van der Waals surface area contributed by atoms with Crippen molar-refractivity contribution in [2.24, 2.45) is 5.92 Å². The Kier molecular flexibility index (Phi) is 3.45. The third kappa shape index (κ3) is 2.77. The lowest BCUT2D eigenvalue weighted by molar-refractivity contribution is 0.0948. The SMILES string of the molecule is Cc1ccc(C(=O)NCC2CN(c3ccc4nncn4n3)C2)s1. The third-order valence-corrected chi connectivity index (χ3v) is 4.94. The molecule has 0 saturated carbocycles. The maximum atomic E-state index is 12.0. The van der Waals surface area contributed by atoms with Gasteiger partial charge in [-0.3, -0.25) is 4.79 Å². The first-order chi connectivity index (χ1) is 11.2. The molecule has 1 aliphatic rings. The van der Waals surface area contributed by atoms with Gasteiger partial charge in [0, 0.05) is 30.4 Å². The fraction of sp³-hybridized carbons (Fsp3) is 0.333. The van der Waals surface area contributed by atoms with E-state index in [1.165, 1.54) is 11.3 Å². The van der Waals surface area contributed by atoms with Crippen molar-refractivity contribution in [3.63, 3.8) is 0 Å². The van der Waals surface area contributed by atoms with Gasteiger partial charge in [0.05, 0.1) is 4.88 Å². The fourth-order valence-electron chi connectivity index (χ4n) is 2.65. The molecule has 1 fully saturated rings. The van der Waals surface area contributed by atoms with Crippen molar-refractivity contribution in [3.05, 3.63) is 40.3 Å². The number of carbonyl (C=O) groups is 1. The standard InChI is InChI=1S/C15H16N6OS/c1-10-2-3-12(23-10)15(22)16-6-11-7-20(8-11)14-5-4-13-18-17-9-21(13)19-14/h2-5,9,11H,6-8H2,1H3,(H,16,22). The minimum Gasteiger partial charge on any atom is -0.354 e. The number of fused-ring (bicyclic) bond motifs is 1. The summed E-state index contributed by atoms with van der Waals surface area (Å²) in [5, 5.41) is 15.2. The number of rotatable bonds is 4. The normalized spacial score (nSPS) is 14.9. The molecule has 0 atom stereocenters. The summed E-state index contributed by atoms with van der Waals surface area (Å²) in [7, 11) is 0. The van der Waals surface area contributed by atoms with Crippen LogP contribution in [0.3, 0.4) is 0 Å². The van der Waals surface area contributed by atoms with Gasteiger partial charge in [0.2, 0.25) is 0 Å². The van der Waals surface area contributed by atoms with Crippen LogP contribution in [0.4, 0.5) is 5.82 Å². The van der Waals surface area contributed by atoms with Gasteiger partial charge < -0.3 is 10.2 Å². The number of aryl methyl sites for hydroxylation is 1. The van der Waals surface area contributed by atoms with Gasteiger partial charge in [-0.1, -0.05) is 0 Å². The first-order valence-corrected chi connectivity index (χ1v) is 8.27. The molecule has 3 aromatic rings. The first-order valence-electron chi connectivity index (χ1n) is 7.46. The molecule has 23 heavy (non-hydrogen) atoms. The Bertz CT molecular complexity index is 850. The van der Waals surface area contributed by atoms with Gasteiger partial charge in [0.25, 0.3) is 5.91 Å². The maximum absolute atomic E-state index is 12.0. The van der Waals surface area contributed by atoms with Crippen LogP contribution in [0.2, 0.25) is 0 Å². The highest BCUT2D eigenvalue weighted by molar-refractivity contribution is 7.13. The maximum Gasteiger partial charge on any atom is 0.261 e. The zero-order chi connectivity index (χ0) is 15.8. The molecular weight excluding hydrogens is 312 g/mol. The number of aromatic nitrogens is 4. The number of carbonyl (C=O) groups excluding carboxylic acids is 1. The summed E-state index contributed by atoms with van der Waals surface area (Å²) in [5.74, 6) is 1.39. The van der Waals surface area contributed by atoms with Crippen LogP contribution in [-0.4, -0.2) is 45.4 Å². The second-order valence-corrected chi connectivity index (χ2v) is 7.00. The highest BCUT2D eigenvalue weighted by Crippen LogP contribution is 2.22. The molecule has 118 valence electrons. The van der Waals surface area contributed by atoms with E-state index in [-0.39, 0.29) is 5.91 Å². The fourth-order valence-corrected chi connectivity index (χ4v) is 3.44. The summed E-state index contributed by atoms with van der Waals surface area (Å²) in [6.07, 6.45) is 1.60. The predicted molar refractivity (Wildman–Crippen MR) is 87.9 cm³/mol. The van der Waals surface area contributed by atoms with E-state index in [9.17, 15) is 4.79 Å². The van der Waals surface area contributed by atoms with Gasteiger partial charge in [0.15, 0.2) is 5.65 Å². The lowest BCUT2D eigenvalue weighted by Crippen LogP contribution is -2.51. The molecule has 7 nitrogen and oxygen atoms in total. The zero-order valence-corrected chi connectivity index (χ0v) is 13.5. The van der Waals surface area contributed by atoms with Gasteiger partial charge in [-0.05, 0) is 31.2 Å². The summed E-state index contributed by atoms with van der Waals surface area (Å²) in [4.78, 5) is 16.1. The van der Waals surface area contributed by atoms with Crippen LogP contribution in [-0.2, 0) is 0 Å². The molecule has 3 aromatic heterocycles. The number of hydrogen-bond acceptors (Lipinski definition) is 6. The van der Waals surface area contributed by atoms with Crippen molar-refractivity contribution in [2.45, 2.75) is 6.92 Å². The van der Waals surface area contributed by atoms with Crippen LogP contribution in [0, 0.1) is 12.8 Å². The van der Waals surface area contributed by atoms with Crippen molar-refractivity contribution in [1.82, 2.24) is 25.1 Å². The van der Waals surface area contributed by atoms with Crippen molar-refractivity contribution in [1.29, 1.82) is 0 Å². The average molecular weight is 328 g/mol. The number of anilines is 1. The Morgan fingerprint density at radius 1 is 1.35 bits per heavy atom. The minimum atomic E-state index is 0.0191. The summed E-state index contributed by atoms with van der Waals surface area (Å²) in [6, 6.07) is 7.70. The molecule has 0 spiro atoms. The Labute approximate surface area is 136 Å². The van der Waals surface area contributed by atoms with Crippen LogP contribution >= 0.6 is 11.3 Å². The second kappa shape index (κ2) is 5.62. The van der Waals surface area contributed by atoms with E-state index in [1.54, 1.807) is 10.8 Å². The summed E-state index contributed by atoms with van der Waals surface area (Å²) < 4.78 is 1.67. The number of hydrogen-bond donors (Lipinski definition) is 1. The minimum absolute atomic E-state index is 0.0191. The van der Waals surface area contributed by atoms with Gasteiger partial charge in [-0.25, -0.2) is 0 Å². The number of amides is 1. The number of nitrogens with zero attached hydrogens (tertiary/aromatic N) is 5. The molecule has 0 bridgehead atoms. The molecule has 1 N–H and O–H groups in total. The zero-order valence-electron chi connectivity index (χ0n) is 12.6. The summed E-state index contributed by atoms with van der Waals surface area (Å²) in [5.41, 5.74) is 0.740. The lowest BCUT2D eigenvalue weighted by atomic mass is 10.0. The van der Waals surface area contributed by atoms with E-state index in [4.69, 9.17) is 0 Å². The molecule has 0 aliphatic carbocycles. The van der Waals surface area contributed by atoms with Crippen LogP contribution < -0.4 is 10.2 Å². The number of nitrogens with one attached hydrogen (secondary N) is 1. The smallest absolute Gasteiger partial charge is 0.261 e. The van der Waals surface area contributed by atoms with Crippen LogP contribution in [0.1, 0.15) is 14.5 Å². The van der Waals surface area contributed by atoms with Gasteiger partial charge in [-0.15, -0.1) is 26.6 Å². The van der Waals surface area contributed by atoms with Gasteiger partial charge in [-0.2, -0.15) is 4.52 Å². The molecule has 0 aromatic carbocycles. The predicted octanol–water partition coefficient (Wildman–Crippen LogP) is 1.36. The third-order valence-electron chi connectivity index (χ3n) is 3.94. The Hall–Kier alpha value is -2.48. The van der Waals surface area contributed by atoms with Crippen LogP contribution in [0.25, 0.3) is 5.65 Å². The number of thiophene rings is 1. The Morgan fingerprint density at radius 2 is 2.22 bits per heavy atom. The highest BCUT2D eigenvalue weighted by atomic mass is 32.1. The largest absolute Gasteiger partial charge is 0.354 e. The molecule has 8 heteroatoms. The first kappa shape index (κ1) is 14.1. The van der Waals surface area contributed by atoms with E-state index in [2.05, 4.69) is 25.5 Å². The van der Waals surface area contributed by atoms with Gasteiger partial charge in [0.1, 0.15) is 12.1 Å². The Balaban J connectivity index is 1.30. The van der Waals surface area contributed by atoms with E-state index >= 15 is 0 Å². The lowest BCUT2D eigenvalue weighted by Gasteiger charge is -2.40. The molecule has 0 radical (unpaired) electrons. The quantitative estimate of drug-likeness (QED) is 0.783. The van der Waals surface area contributed by atoms with Crippen LogP contribution in [0.15, 0.2) is 30.6 Å². The van der Waals surface area contributed by atoms with Crippen LogP contribution in [0.5, 0.6) is 0 Å².